The third-order valence-corrected chi connectivity index (χ3v) is 3.86. The first-order chi connectivity index (χ1) is 8.74. The summed E-state index contributed by atoms with van der Waals surface area (Å²) in [5.41, 5.74) is 1.37. The van der Waals surface area contributed by atoms with Gasteiger partial charge in [-0.15, -0.1) is 0 Å². The van der Waals surface area contributed by atoms with Gasteiger partial charge in [0.1, 0.15) is 5.75 Å². The van der Waals surface area contributed by atoms with Crippen molar-refractivity contribution in [2.75, 3.05) is 26.7 Å². The van der Waals surface area contributed by atoms with Crippen LogP contribution in [-0.2, 0) is 0 Å². The lowest BCUT2D eigenvalue weighted by atomic mass is 10.1. The molecule has 0 aliphatic carbocycles. The Balaban J connectivity index is 1.96. The largest absolute Gasteiger partial charge is 0.497 e. The maximum atomic E-state index is 5.20. The molecule has 1 aromatic carbocycles. The van der Waals surface area contributed by atoms with Crippen LogP contribution in [0.4, 0.5) is 0 Å². The Hall–Kier alpha value is -1.06. The van der Waals surface area contributed by atoms with E-state index < -0.39 is 0 Å². The van der Waals surface area contributed by atoms with Crippen molar-refractivity contribution >= 4 is 0 Å². The fraction of sp³-hybridized carbons (Fsp3) is 0.600. The molecule has 3 heteroatoms. The maximum absolute atomic E-state index is 5.20. The molecule has 1 fully saturated rings. The molecule has 0 bridgehead atoms. The molecule has 0 amide bonds. The van der Waals surface area contributed by atoms with Crippen LogP contribution in [-0.4, -0.2) is 37.7 Å². The summed E-state index contributed by atoms with van der Waals surface area (Å²) in [6.07, 6.45) is 1.26. The molecular formula is C15H24N2O. The minimum absolute atomic E-state index is 0.486. The van der Waals surface area contributed by atoms with Gasteiger partial charge >= 0.3 is 0 Å². The zero-order valence-electron chi connectivity index (χ0n) is 11.6. The van der Waals surface area contributed by atoms with Crippen LogP contribution >= 0.6 is 0 Å². The van der Waals surface area contributed by atoms with E-state index in [1.54, 1.807) is 7.11 Å². The minimum Gasteiger partial charge on any atom is -0.497 e. The molecule has 0 aromatic heterocycles. The van der Waals surface area contributed by atoms with Gasteiger partial charge < -0.3 is 10.1 Å². The number of rotatable bonds is 5. The van der Waals surface area contributed by atoms with Gasteiger partial charge in [0.25, 0.3) is 0 Å². The molecule has 3 nitrogen and oxygen atoms in total. The second-order valence-electron chi connectivity index (χ2n) is 4.99. The molecule has 1 heterocycles. The Morgan fingerprint density at radius 1 is 1.39 bits per heavy atom. The van der Waals surface area contributed by atoms with Crippen molar-refractivity contribution in [3.05, 3.63) is 29.8 Å². The number of methoxy groups -OCH3 is 1. The quantitative estimate of drug-likeness (QED) is 0.866. The monoisotopic (exact) mass is 248 g/mol. The predicted molar refractivity (Wildman–Crippen MR) is 75.1 cm³/mol. The van der Waals surface area contributed by atoms with Crippen molar-refractivity contribution in [1.82, 2.24) is 10.2 Å². The Labute approximate surface area is 110 Å². The van der Waals surface area contributed by atoms with Crippen LogP contribution in [0.1, 0.15) is 31.9 Å². The lowest BCUT2D eigenvalue weighted by Gasteiger charge is -2.25. The molecule has 1 aliphatic rings. The van der Waals surface area contributed by atoms with Gasteiger partial charge in [-0.3, -0.25) is 4.90 Å². The van der Waals surface area contributed by atoms with Crippen molar-refractivity contribution < 1.29 is 4.74 Å². The summed E-state index contributed by atoms with van der Waals surface area (Å²) in [5.74, 6) is 0.929. The number of hydrogen-bond donors (Lipinski definition) is 1. The van der Waals surface area contributed by atoms with Gasteiger partial charge in [0.05, 0.1) is 7.11 Å². The molecule has 1 N–H and O–H groups in total. The van der Waals surface area contributed by atoms with Crippen LogP contribution in [0.3, 0.4) is 0 Å². The second-order valence-corrected chi connectivity index (χ2v) is 4.99. The van der Waals surface area contributed by atoms with E-state index in [0.717, 1.165) is 18.8 Å². The first-order valence-electron chi connectivity index (χ1n) is 6.86. The fourth-order valence-corrected chi connectivity index (χ4v) is 2.69. The van der Waals surface area contributed by atoms with E-state index in [4.69, 9.17) is 4.74 Å². The lowest BCUT2D eigenvalue weighted by Crippen LogP contribution is -2.33. The van der Waals surface area contributed by atoms with E-state index in [1.165, 1.54) is 18.5 Å². The summed E-state index contributed by atoms with van der Waals surface area (Å²) in [5, 5.41) is 3.54. The van der Waals surface area contributed by atoms with Gasteiger partial charge in [-0.25, -0.2) is 0 Å². The summed E-state index contributed by atoms with van der Waals surface area (Å²) in [6.45, 7) is 7.87. The third-order valence-electron chi connectivity index (χ3n) is 3.86. The van der Waals surface area contributed by atoms with Crippen LogP contribution in [0.25, 0.3) is 0 Å². The summed E-state index contributed by atoms with van der Waals surface area (Å²) >= 11 is 0. The average Bonchev–Trinajstić information content (AvgIpc) is 2.87. The highest BCUT2D eigenvalue weighted by Gasteiger charge is 2.25. The maximum Gasteiger partial charge on any atom is 0.118 e. The van der Waals surface area contributed by atoms with E-state index in [0.29, 0.717) is 12.1 Å². The Morgan fingerprint density at radius 3 is 2.72 bits per heavy atom. The van der Waals surface area contributed by atoms with Gasteiger partial charge in [0.15, 0.2) is 0 Å². The van der Waals surface area contributed by atoms with Crippen molar-refractivity contribution in [2.24, 2.45) is 0 Å². The molecule has 0 spiro atoms. The highest BCUT2D eigenvalue weighted by molar-refractivity contribution is 5.29. The average molecular weight is 248 g/mol. The topological polar surface area (TPSA) is 24.5 Å². The van der Waals surface area contributed by atoms with Gasteiger partial charge in [-0.1, -0.05) is 19.1 Å². The van der Waals surface area contributed by atoms with Crippen molar-refractivity contribution in [3.63, 3.8) is 0 Å². The smallest absolute Gasteiger partial charge is 0.118 e. The van der Waals surface area contributed by atoms with E-state index in [9.17, 15) is 0 Å². The molecule has 1 saturated heterocycles. The molecule has 18 heavy (non-hydrogen) atoms. The zero-order valence-corrected chi connectivity index (χ0v) is 11.6. The van der Waals surface area contributed by atoms with Gasteiger partial charge in [0, 0.05) is 25.2 Å². The Bertz CT molecular complexity index is 363. The number of benzene rings is 1. The van der Waals surface area contributed by atoms with Crippen LogP contribution in [0.2, 0.25) is 0 Å². The number of ether oxygens (including phenoxy) is 1. The van der Waals surface area contributed by atoms with Crippen molar-refractivity contribution in [1.29, 1.82) is 0 Å². The molecular weight excluding hydrogens is 224 g/mol. The molecule has 0 radical (unpaired) electrons. The summed E-state index contributed by atoms with van der Waals surface area (Å²) in [4.78, 5) is 2.55. The minimum atomic E-state index is 0.486. The summed E-state index contributed by atoms with van der Waals surface area (Å²) in [6, 6.07) is 9.58. The first-order valence-corrected chi connectivity index (χ1v) is 6.86. The third kappa shape index (κ3) is 3.03. The van der Waals surface area contributed by atoms with Gasteiger partial charge in [-0.2, -0.15) is 0 Å². The number of nitrogens with one attached hydrogen (secondary N) is 1. The second kappa shape index (κ2) is 6.21. The summed E-state index contributed by atoms with van der Waals surface area (Å²) < 4.78 is 5.20. The summed E-state index contributed by atoms with van der Waals surface area (Å²) in [7, 11) is 1.71. The number of hydrogen-bond acceptors (Lipinski definition) is 3. The van der Waals surface area contributed by atoms with Gasteiger partial charge in [0.2, 0.25) is 0 Å². The molecule has 0 saturated carbocycles. The molecule has 1 aliphatic heterocycles. The molecule has 2 unspecified atom stereocenters. The van der Waals surface area contributed by atoms with E-state index in [2.05, 4.69) is 36.2 Å². The van der Waals surface area contributed by atoms with Gasteiger partial charge in [-0.05, 0) is 37.6 Å². The normalized spacial score (nSPS) is 22.1. The van der Waals surface area contributed by atoms with E-state index >= 15 is 0 Å². The fourth-order valence-electron chi connectivity index (χ4n) is 2.69. The highest BCUT2D eigenvalue weighted by Crippen LogP contribution is 2.26. The standard InChI is InChI=1S/C15H24N2O/c1-4-16-14-9-10-17(11-14)12(2)13-5-7-15(18-3)8-6-13/h5-8,12,14,16H,4,9-11H2,1-3H3. The van der Waals surface area contributed by atoms with E-state index in [1.807, 2.05) is 12.1 Å². The number of nitrogens with zero attached hydrogens (tertiary/aromatic N) is 1. The Kier molecular flexibility index (Phi) is 4.61. The van der Waals surface area contributed by atoms with Crippen LogP contribution in [0.15, 0.2) is 24.3 Å². The number of likely N-dealkylation sites (tertiary alicyclic amines) is 1. The SMILES string of the molecule is CCNC1CCN(C(C)c2ccc(OC)cc2)C1. The zero-order chi connectivity index (χ0) is 13.0. The van der Waals surface area contributed by atoms with Crippen LogP contribution in [0, 0.1) is 0 Å². The predicted octanol–water partition coefficient (Wildman–Crippen LogP) is 2.44. The van der Waals surface area contributed by atoms with Crippen LogP contribution in [0.5, 0.6) is 5.75 Å². The molecule has 100 valence electrons. The Morgan fingerprint density at radius 2 is 2.11 bits per heavy atom. The van der Waals surface area contributed by atoms with Crippen molar-refractivity contribution in [3.8, 4) is 5.75 Å². The molecule has 1 aromatic rings. The molecule has 2 rings (SSSR count). The lowest BCUT2D eigenvalue weighted by molar-refractivity contribution is 0.256. The number of likely N-dealkylation sites (N-methyl/N-ethyl adjacent to an activating group) is 1. The molecule has 2 atom stereocenters. The first kappa shape index (κ1) is 13.4. The van der Waals surface area contributed by atoms with Crippen molar-refractivity contribution in [2.45, 2.75) is 32.4 Å². The highest BCUT2D eigenvalue weighted by atomic mass is 16.5. The van der Waals surface area contributed by atoms with Crippen LogP contribution < -0.4 is 10.1 Å². The van der Waals surface area contributed by atoms with E-state index in [-0.39, 0.29) is 0 Å².